The Labute approximate surface area is 127 Å². The highest BCUT2D eigenvalue weighted by atomic mass is 79.9. The van der Waals surface area contributed by atoms with E-state index in [1.165, 1.54) is 0 Å². The number of hydrogen-bond donors (Lipinski definition) is 2. The monoisotopic (exact) mass is 354 g/mol. The number of halogens is 3. The highest BCUT2D eigenvalue weighted by molar-refractivity contribution is 9.10. The largest absolute Gasteiger partial charge is 0.318 e. The molecule has 0 aliphatic heterocycles. The van der Waals surface area contributed by atoms with Crippen molar-refractivity contribution in [3.63, 3.8) is 0 Å². The summed E-state index contributed by atoms with van der Waals surface area (Å²) in [6, 6.07) is 9.08. The average molecular weight is 355 g/mol. The zero-order chi connectivity index (χ0) is 15.4. The van der Waals surface area contributed by atoms with Gasteiger partial charge in [0, 0.05) is 16.2 Å². The van der Waals surface area contributed by atoms with Crippen LogP contribution in [-0.4, -0.2) is 11.8 Å². The van der Waals surface area contributed by atoms with E-state index in [9.17, 15) is 18.4 Å². The topological polar surface area (TPSA) is 58.2 Å². The van der Waals surface area contributed by atoms with Crippen LogP contribution in [0.1, 0.15) is 0 Å². The maximum Gasteiger partial charge on any atom is 0.314 e. The minimum atomic E-state index is -1.09. The Morgan fingerprint density at radius 3 is 2.19 bits per heavy atom. The summed E-state index contributed by atoms with van der Waals surface area (Å²) in [4.78, 5) is 23.3. The third-order valence-electron chi connectivity index (χ3n) is 2.48. The summed E-state index contributed by atoms with van der Waals surface area (Å²) in [6.45, 7) is 0. The summed E-state index contributed by atoms with van der Waals surface area (Å²) in [5.41, 5.74) is 0.00372. The van der Waals surface area contributed by atoms with Crippen LogP contribution in [0.5, 0.6) is 0 Å². The molecule has 0 aromatic heterocycles. The SMILES string of the molecule is O=C(Nc1ccc(Br)cc1)C(=O)Nc1cc(F)ccc1F. The van der Waals surface area contributed by atoms with Crippen molar-refractivity contribution < 1.29 is 18.4 Å². The number of benzene rings is 2. The molecule has 0 radical (unpaired) electrons. The highest BCUT2D eigenvalue weighted by Gasteiger charge is 2.16. The van der Waals surface area contributed by atoms with Gasteiger partial charge in [-0.05, 0) is 36.4 Å². The van der Waals surface area contributed by atoms with E-state index in [0.29, 0.717) is 5.69 Å². The van der Waals surface area contributed by atoms with Crippen molar-refractivity contribution in [1.29, 1.82) is 0 Å². The van der Waals surface area contributed by atoms with E-state index in [-0.39, 0.29) is 0 Å². The average Bonchev–Trinajstić information content (AvgIpc) is 2.45. The van der Waals surface area contributed by atoms with E-state index in [4.69, 9.17) is 0 Å². The Morgan fingerprint density at radius 2 is 1.52 bits per heavy atom. The summed E-state index contributed by atoms with van der Waals surface area (Å²) >= 11 is 3.23. The number of amides is 2. The van der Waals surface area contributed by atoms with Crippen LogP contribution in [0.3, 0.4) is 0 Å². The molecule has 2 amide bonds. The Bertz CT molecular complexity index is 690. The number of anilines is 2. The molecule has 0 bridgehead atoms. The fraction of sp³-hybridized carbons (Fsp3) is 0. The lowest BCUT2D eigenvalue weighted by atomic mass is 10.3. The van der Waals surface area contributed by atoms with Gasteiger partial charge in [-0.2, -0.15) is 0 Å². The molecule has 7 heteroatoms. The van der Waals surface area contributed by atoms with Gasteiger partial charge < -0.3 is 10.6 Å². The van der Waals surface area contributed by atoms with Crippen LogP contribution in [0.15, 0.2) is 46.9 Å². The molecule has 0 heterocycles. The molecule has 108 valence electrons. The first-order valence-corrected chi connectivity index (χ1v) is 6.58. The Hall–Kier alpha value is -2.28. The normalized spacial score (nSPS) is 10.0. The molecule has 0 fully saturated rings. The second kappa shape index (κ2) is 6.45. The molecule has 0 spiro atoms. The zero-order valence-electron chi connectivity index (χ0n) is 10.5. The summed E-state index contributed by atoms with van der Waals surface area (Å²) in [7, 11) is 0. The van der Waals surface area contributed by atoms with Crippen LogP contribution in [0.25, 0.3) is 0 Å². The summed E-state index contributed by atoms with van der Waals surface area (Å²) < 4.78 is 27.1. The second-order valence-corrected chi connectivity index (χ2v) is 4.95. The van der Waals surface area contributed by atoms with Gasteiger partial charge in [0.15, 0.2) is 0 Å². The maximum absolute atomic E-state index is 13.3. The van der Waals surface area contributed by atoms with E-state index in [2.05, 4.69) is 21.2 Å². The number of carbonyl (C=O) groups excluding carboxylic acids is 2. The summed E-state index contributed by atoms with van der Waals surface area (Å²) in [5, 5.41) is 4.34. The van der Waals surface area contributed by atoms with E-state index in [0.717, 1.165) is 22.7 Å². The molecule has 0 atom stereocenters. The molecule has 2 N–H and O–H groups in total. The molecule has 0 unspecified atom stereocenters. The van der Waals surface area contributed by atoms with Gasteiger partial charge in [-0.15, -0.1) is 0 Å². The van der Waals surface area contributed by atoms with Gasteiger partial charge in [-0.25, -0.2) is 8.78 Å². The van der Waals surface area contributed by atoms with Crippen molar-refractivity contribution in [3.8, 4) is 0 Å². The van der Waals surface area contributed by atoms with Crippen molar-refractivity contribution in [3.05, 3.63) is 58.6 Å². The number of rotatable bonds is 2. The van der Waals surface area contributed by atoms with Crippen molar-refractivity contribution >= 4 is 39.1 Å². The van der Waals surface area contributed by atoms with Gasteiger partial charge in [-0.1, -0.05) is 15.9 Å². The molecule has 4 nitrogen and oxygen atoms in total. The van der Waals surface area contributed by atoms with E-state index in [1.807, 2.05) is 5.32 Å². The molecule has 0 saturated carbocycles. The Kier molecular flexibility index (Phi) is 4.64. The van der Waals surface area contributed by atoms with Gasteiger partial charge in [0.25, 0.3) is 0 Å². The third kappa shape index (κ3) is 4.09. The lowest BCUT2D eigenvalue weighted by Crippen LogP contribution is -2.29. The number of hydrogen-bond acceptors (Lipinski definition) is 2. The predicted molar refractivity (Wildman–Crippen MR) is 77.8 cm³/mol. The van der Waals surface area contributed by atoms with Crippen molar-refractivity contribution in [2.24, 2.45) is 0 Å². The van der Waals surface area contributed by atoms with Crippen molar-refractivity contribution in [1.82, 2.24) is 0 Å². The number of carbonyl (C=O) groups is 2. The van der Waals surface area contributed by atoms with Gasteiger partial charge in [-0.3, -0.25) is 9.59 Å². The molecule has 0 aliphatic carbocycles. The van der Waals surface area contributed by atoms with Gasteiger partial charge >= 0.3 is 11.8 Å². The smallest absolute Gasteiger partial charge is 0.314 e. The summed E-state index contributed by atoms with van der Waals surface area (Å²) in [6.07, 6.45) is 0. The van der Waals surface area contributed by atoms with Crippen LogP contribution in [0.4, 0.5) is 20.2 Å². The van der Waals surface area contributed by atoms with Crippen LogP contribution < -0.4 is 10.6 Å². The minimum absolute atomic E-state index is 0.397. The van der Waals surface area contributed by atoms with Crippen molar-refractivity contribution in [2.45, 2.75) is 0 Å². The fourth-order valence-electron chi connectivity index (χ4n) is 1.49. The van der Waals surface area contributed by atoms with E-state index in [1.54, 1.807) is 24.3 Å². The first kappa shape index (κ1) is 15.1. The molecule has 0 saturated heterocycles. The van der Waals surface area contributed by atoms with E-state index >= 15 is 0 Å². The van der Waals surface area contributed by atoms with E-state index < -0.39 is 29.1 Å². The molecule has 2 aromatic carbocycles. The highest BCUT2D eigenvalue weighted by Crippen LogP contribution is 2.16. The molecule has 21 heavy (non-hydrogen) atoms. The Morgan fingerprint density at radius 1 is 0.905 bits per heavy atom. The van der Waals surface area contributed by atoms with Gasteiger partial charge in [0.2, 0.25) is 0 Å². The fourth-order valence-corrected chi connectivity index (χ4v) is 1.76. The molecular formula is C14H9BrF2N2O2. The standard InChI is InChI=1S/C14H9BrF2N2O2/c15-8-1-4-10(5-2-8)18-13(20)14(21)19-12-7-9(16)3-6-11(12)17/h1-7H,(H,18,20)(H,19,21). The second-order valence-electron chi connectivity index (χ2n) is 4.04. The lowest BCUT2D eigenvalue weighted by molar-refractivity contribution is -0.133. The first-order chi connectivity index (χ1) is 9.95. The predicted octanol–water partition coefficient (Wildman–Crippen LogP) is 3.30. The molecule has 0 aliphatic rings. The van der Waals surface area contributed by atoms with Crippen LogP contribution >= 0.6 is 15.9 Å². The lowest BCUT2D eigenvalue weighted by Gasteiger charge is -2.07. The molecule has 2 aromatic rings. The van der Waals surface area contributed by atoms with Crippen molar-refractivity contribution in [2.75, 3.05) is 10.6 Å². The third-order valence-corrected chi connectivity index (χ3v) is 3.01. The van der Waals surface area contributed by atoms with Gasteiger partial charge in [0.05, 0.1) is 5.69 Å². The quantitative estimate of drug-likeness (QED) is 0.813. The van der Waals surface area contributed by atoms with Crippen LogP contribution in [0, 0.1) is 11.6 Å². The minimum Gasteiger partial charge on any atom is -0.318 e. The van der Waals surface area contributed by atoms with Crippen LogP contribution in [0.2, 0.25) is 0 Å². The summed E-state index contributed by atoms with van der Waals surface area (Å²) in [5.74, 6) is -3.63. The van der Waals surface area contributed by atoms with Crippen LogP contribution in [-0.2, 0) is 9.59 Å². The zero-order valence-corrected chi connectivity index (χ0v) is 12.1. The molecular weight excluding hydrogens is 346 g/mol. The van der Waals surface area contributed by atoms with Gasteiger partial charge in [0.1, 0.15) is 11.6 Å². The first-order valence-electron chi connectivity index (χ1n) is 5.78. The Balaban J connectivity index is 2.04. The maximum atomic E-state index is 13.3. The molecule has 2 rings (SSSR count). The number of nitrogens with one attached hydrogen (secondary N) is 2.